The maximum absolute atomic E-state index is 14.2. The molecule has 3 N–H and O–H groups in total. The average molecular weight is 609 g/mol. The van der Waals surface area contributed by atoms with Gasteiger partial charge in [-0.25, -0.2) is 4.39 Å². The number of carbonyl (C=O) groups is 1. The van der Waals surface area contributed by atoms with Gasteiger partial charge < -0.3 is 15.6 Å². The van der Waals surface area contributed by atoms with Crippen LogP contribution in [0, 0.1) is 23.1 Å². The van der Waals surface area contributed by atoms with E-state index in [0.29, 0.717) is 12.6 Å². The number of hydrogen-bond donors (Lipinski definition) is 2. The molecular formula is C39H61FN2O2. The highest BCUT2D eigenvalue weighted by molar-refractivity contribution is 5.95. The molecule has 0 saturated heterocycles. The van der Waals surface area contributed by atoms with Crippen LogP contribution in [-0.2, 0) is 4.79 Å². The third kappa shape index (κ3) is 18.6. The SMILES string of the molecule is CC.CC/C(C)=C\C(=C(/C)c1ccc(C2CC2)cc1)c1ccc(C#N)c(F)c1.CC=O.CCC(N)CCC(C)C.CCCO. The Kier molecular flexibility index (Phi) is 25.8. The molecule has 3 rings (SSSR count). The van der Waals surface area contributed by atoms with Crippen molar-refractivity contribution >= 4 is 17.4 Å². The summed E-state index contributed by atoms with van der Waals surface area (Å²) in [5.41, 5.74) is 12.5. The molecule has 2 aromatic carbocycles. The lowest BCUT2D eigenvalue weighted by Gasteiger charge is -2.12. The predicted molar refractivity (Wildman–Crippen MR) is 189 cm³/mol. The number of benzene rings is 2. The van der Waals surface area contributed by atoms with Crippen LogP contribution < -0.4 is 5.73 Å². The van der Waals surface area contributed by atoms with Gasteiger partial charge in [0.25, 0.3) is 0 Å². The standard InChI is InChI=1S/C24H24FN.C8H19N.C3H8O.C2H4O.C2H6/c1-4-16(2)13-23(21-11-12-22(15-26)24(25)14-21)17(3)18-5-7-19(8-6-18)20-9-10-20;1-4-8(9)6-5-7(2)3;1-2-3-4;1-2-3;1-2/h5-8,11-14,20H,4,9-10H2,1-3H3;7-8H,4-6,9H2,1-3H3;4H,2-3H2,1H3;2H,1H3;1-2H3/b16-13-,23-17-;;;;. The lowest BCUT2D eigenvalue weighted by Crippen LogP contribution is -2.18. The fraction of sp³-hybridized carbons (Fsp3) is 0.538. The highest BCUT2D eigenvalue weighted by atomic mass is 19.1. The van der Waals surface area contributed by atoms with E-state index >= 15 is 0 Å². The van der Waals surface area contributed by atoms with Gasteiger partial charge in [0.15, 0.2) is 0 Å². The number of hydrogen-bond acceptors (Lipinski definition) is 4. The Morgan fingerprint density at radius 1 is 1.05 bits per heavy atom. The van der Waals surface area contributed by atoms with Crippen molar-refractivity contribution in [3.05, 3.63) is 82.2 Å². The van der Waals surface area contributed by atoms with Crippen molar-refractivity contribution in [2.75, 3.05) is 6.61 Å². The number of aldehydes is 1. The molecule has 1 atom stereocenters. The fourth-order valence-corrected chi connectivity index (χ4v) is 3.86. The van der Waals surface area contributed by atoms with E-state index in [1.54, 1.807) is 6.07 Å². The number of aliphatic hydroxyl groups is 1. The number of halogens is 1. The van der Waals surface area contributed by atoms with E-state index in [9.17, 15) is 4.39 Å². The van der Waals surface area contributed by atoms with Gasteiger partial charge in [-0.2, -0.15) is 5.26 Å². The third-order valence-electron chi connectivity index (χ3n) is 7.01. The Bertz CT molecular complexity index is 1140. The van der Waals surface area contributed by atoms with Crippen LogP contribution in [0.3, 0.4) is 0 Å². The van der Waals surface area contributed by atoms with Gasteiger partial charge >= 0.3 is 0 Å². The Labute approximate surface area is 269 Å². The van der Waals surface area contributed by atoms with Crippen LogP contribution in [0.5, 0.6) is 0 Å². The average Bonchev–Trinajstić information content (AvgIpc) is 3.89. The minimum Gasteiger partial charge on any atom is -0.396 e. The summed E-state index contributed by atoms with van der Waals surface area (Å²) in [5.74, 6) is 1.08. The van der Waals surface area contributed by atoms with Crippen LogP contribution in [0.15, 0.2) is 54.1 Å². The molecule has 0 spiro atoms. The summed E-state index contributed by atoms with van der Waals surface area (Å²) in [4.78, 5) is 8.81. The van der Waals surface area contributed by atoms with E-state index in [-0.39, 0.29) is 5.56 Å². The summed E-state index contributed by atoms with van der Waals surface area (Å²) in [6.07, 6.45) is 10.9. The zero-order valence-corrected chi connectivity index (χ0v) is 29.3. The number of carbonyl (C=O) groups excluding carboxylic acids is 1. The second-order valence-corrected chi connectivity index (χ2v) is 11.2. The number of nitrogens with zero attached hydrogens (tertiary/aromatic N) is 1. The molecular weight excluding hydrogens is 547 g/mol. The molecule has 0 heterocycles. The molecule has 1 saturated carbocycles. The van der Waals surface area contributed by atoms with E-state index in [0.717, 1.165) is 59.7 Å². The van der Waals surface area contributed by atoms with Gasteiger partial charge in [-0.1, -0.05) is 90.4 Å². The largest absolute Gasteiger partial charge is 0.396 e. The maximum atomic E-state index is 14.2. The summed E-state index contributed by atoms with van der Waals surface area (Å²) in [6, 6.07) is 15.9. The zero-order chi connectivity index (χ0) is 34.1. The molecule has 246 valence electrons. The molecule has 2 aromatic rings. The van der Waals surface area contributed by atoms with Crippen LogP contribution in [0.4, 0.5) is 4.39 Å². The van der Waals surface area contributed by atoms with Crippen LogP contribution in [0.25, 0.3) is 11.1 Å². The molecule has 5 heteroatoms. The summed E-state index contributed by atoms with van der Waals surface area (Å²) in [6.45, 7) is 20.6. The molecule has 4 nitrogen and oxygen atoms in total. The van der Waals surface area contributed by atoms with E-state index in [1.165, 1.54) is 49.8 Å². The van der Waals surface area contributed by atoms with E-state index in [4.69, 9.17) is 20.9 Å². The van der Waals surface area contributed by atoms with Gasteiger partial charge in [-0.15, -0.1) is 0 Å². The molecule has 0 aromatic heterocycles. The highest BCUT2D eigenvalue weighted by Crippen LogP contribution is 2.40. The number of allylic oxidation sites excluding steroid dienone is 4. The summed E-state index contributed by atoms with van der Waals surface area (Å²) in [7, 11) is 0. The van der Waals surface area contributed by atoms with Crippen molar-refractivity contribution in [1.29, 1.82) is 5.26 Å². The van der Waals surface area contributed by atoms with Gasteiger partial charge in [0.05, 0.1) is 5.56 Å². The van der Waals surface area contributed by atoms with Crippen molar-refractivity contribution in [3.63, 3.8) is 0 Å². The number of aliphatic hydroxyl groups excluding tert-OH is 1. The number of nitrogens with two attached hydrogens (primary N) is 1. The smallest absolute Gasteiger partial charge is 0.141 e. The first-order valence-electron chi connectivity index (χ1n) is 16.5. The Morgan fingerprint density at radius 3 is 1.95 bits per heavy atom. The second-order valence-electron chi connectivity index (χ2n) is 11.2. The van der Waals surface area contributed by atoms with Crippen molar-refractivity contribution in [1.82, 2.24) is 0 Å². The molecule has 0 bridgehead atoms. The minimum absolute atomic E-state index is 0.0794. The quantitative estimate of drug-likeness (QED) is 0.160. The van der Waals surface area contributed by atoms with Gasteiger partial charge in [0, 0.05) is 12.6 Å². The van der Waals surface area contributed by atoms with Gasteiger partial charge in [-0.3, -0.25) is 0 Å². The predicted octanol–water partition coefficient (Wildman–Crippen LogP) is 10.6. The van der Waals surface area contributed by atoms with Gasteiger partial charge in [0.1, 0.15) is 18.2 Å². The normalized spacial score (nSPS) is 13.2. The molecule has 0 amide bonds. The lowest BCUT2D eigenvalue weighted by atomic mass is 9.92. The number of rotatable bonds is 10. The highest BCUT2D eigenvalue weighted by Gasteiger charge is 2.23. The monoisotopic (exact) mass is 608 g/mol. The topological polar surface area (TPSA) is 87.1 Å². The van der Waals surface area contributed by atoms with Crippen LogP contribution in [0.1, 0.15) is 142 Å². The lowest BCUT2D eigenvalue weighted by molar-refractivity contribution is -0.106. The zero-order valence-electron chi connectivity index (χ0n) is 29.3. The molecule has 0 aliphatic heterocycles. The molecule has 0 radical (unpaired) electrons. The molecule has 1 aliphatic carbocycles. The first kappa shape index (κ1) is 43.1. The van der Waals surface area contributed by atoms with Crippen molar-refractivity contribution < 1.29 is 14.3 Å². The minimum atomic E-state index is -0.470. The maximum Gasteiger partial charge on any atom is 0.141 e. The van der Waals surface area contributed by atoms with Crippen LogP contribution in [0.2, 0.25) is 0 Å². The second kappa shape index (κ2) is 26.3. The van der Waals surface area contributed by atoms with E-state index < -0.39 is 5.82 Å². The Morgan fingerprint density at radius 2 is 1.57 bits per heavy atom. The van der Waals surface area contributed by atoms with Gasteiger partial charge in [0.2, 0.25) is 0 Å². The van der Waals surface area contributed by atoms with Crippen LogP contribution in [-0.4, -0.2) is 24.0 Å². The van der Waals surface area contributed by atoms with E-state index in [1.807, 2.05) is 32.9 Å². The van der Waals surface area contributed by atoms with Crippen molar-refractivity contribution in [3.8, 4) is 6.07 Å². The molecule has 1 fully saturated rings. The first-order valence-corrected chi connectivity index (χ1v) is 16.5. The van der Waals surface area contributed by atoms with Crippen LogP contribution >= 0.6 is 0 Å². The van der Waals surface area contributed by atoms with E-state index in [2.05, 4.69) is 71.9 Å². The fourth-order valence-electron chi connectivity index (χ4n) is 3.86. The summed E-state index contributed by atoms with van der Waals surface area (Å²) >= 11 is 0. The third-order valence-corrected chi connectivity index (χ3v) is 7.01. The summed E-state index contributed by atoms with van der Waals surface area (Å²) in [5, 5.41) is 16.9. The summed E-state index contributed by atoms with van der Waals surface area (Å²) < 4.78 is 14.2. The van der Waals surface area contributed by atoms with Crippen molar-refractivity contribution in [2.24, 2.45) is 11.7 Å². The number of nitriles is 1. The first-order chi connectivity index (χ1) is 21.0. The molecule has 1 aliphatic rings. The molecule has 1 unspecified atom stereocenters. The van der Waals surface area contributed by atoms with Gasteiger partial charge in [-0.05, 0) is 118 Å². The molecule has 44 heavy (non-hydrogen) atoms. The van der Waals surface area contributed by atoms with Crippen molar-refractivity contribution in [2.45, 2.75) is 126 Å². The Hall–Kier alpha value is -3.07. The Balaban J connectivity index is 0.